The van der Waals surface area contributed by atoms with E-state index >= 15 is 0 Å². The topological polar surface area (TPSA) is 62.3 Å². The molecular formula is C16H21N3O2. The first kappa shape index (κ1) is 14.0. The average molecular weight is 287 g/mol. The highest BCUT2D eigenvalue weighted by molar-refractivity contribution is 5.99. The van der Waals surface area contributed by atoms with E-state index in [0.29, 0.717) is 6.54 Å². The van der Waals surface area contributed by atoms with Gasteiger partial charge in [0.15, 0.2) is 0 Å². The summed E-state index contributed by atoms with van der Waals surface area (Å²) in [6.45, 7) is 4.17. The molecule has 1 aromatic rings. The number of carbonyl (C=O) groups is 2. The third-order valence-corrected chi connectivity index (χ3v) is 4.77. The molecule has 1 spiro atoms. The van der Waals surface area contributed by atoms with Crippen molar-refractivity contribution in [2.24, 2.45) is 0 Å². The van der Waals surface area contributed by atoms with Crippen LogP contribution in [0.25, 0.3) is 0 Å². The number of aromatic nitrogens is 1. The van der Waals surface area contributed by atoms with Crippen LogP contribution in [-0.2, 0) is 16.1 Å². The van der Waals surface area contributed by atoms with Crippen molar-refractivity contribution >= 4 is 11.8 Å². The molecule has 2 amide bonds. The van der Waals surface area contributed by atoms with Gasteiger partial charge in [-0.05, 0) is 38.3 Å². The Morgan fingerprint density at radius 1 is 1.38 bits per heavy atom. The molecule has 1 saturated carbocycles. The van der Waals surface area contributed by atoms with Crippen molar-refractivity contribution in [3.05, 3.63) is 29.6 Å². The van der Waals surface area contributed by atoms with Gasteiger partial charge in [-0.15, -0.1) is 0 Å². The molecule has 2 aliphatic rings. The number of hydrogen-bond acceptors (Lipinski definition) is 3. The van der Waals surface area contributed by atoms with Crippen LogP contribution in [0.4, 0.5) is 0 Å². The number of nitrogens with one attached hydrogen (secondary N) is 1. The van der Waals surface area contributed by atoms with E-state index in [2.05, 4.69) is 10.3 Å². The molecule has 112 valence electrons. The average Bonchev–Trinajstić information content (AvgIpc) is 2.93. The number of carbonyl (C=O) groups excluding carboxylic acids is 2. The van der Waals surface area contributed by atoms with E-state index in [1.165, 1.54) is 0 Å². The van der Waals surface area contributed by atoms with Crippen LogP contribution in [0, 0.1) is 6.92 Å². The normalized spacial score (nSPS) is 24.5. The highest BCUT2D eigenvalue weighted by atomic mass is 16.2. The molecule has 3 rings (SSSR count). The minimum absolute atomic E-state index is 0.0508. The summed E-state index contributed by atoms with van der Waals surface area (Å²) in [6.07, 6.45) is 5.23. The Morgan fingerprint density at radius 3 is 2.76 bits per heavy atom. The number of pyridine rings is 1. The van der Waals surface area contributed by atoms with E-state index in [1.807, 2.05) is 19.1 Å². The molecule has 1 aliphatic carbocycles. The summed E-state index contributed by atoms with van der Waals surface area (Å²) in [5, 5.41) is 2.97. The molecular weight excluding hydrogens is 266 g/mol. The van der Waals surface area contributed by atoms with Crippen molar-refractivity contribution in [2.45, 2.75) is 57.7 Å². The molecule has 2 heterocycles. The molecule has 5 nitrogen and oxygen atoms in total. The second kappa shape index (κ2) is 5.13. The summed E-state index contributed by atoms with van der Waals surface area (Å²) in [4.78, 5) is 31.2. The zero-order valence-electron chi connectivity index (χ0n) is 12.6. The fourth-order valence-electron chi connectivity index (χ4n) is 3.36. The Kier molecular flexibility index (Phi) is 3.43. The van der Waals surface area contributed by atoms with E-state index in [9.17, 15) is 9.59 Å². The van der Waals surface area contributed by atoms with Gasteiger partial charge in [0, 0.05) is 6.20 Å². The first-order valence-electron chi connectivity index (χ1n) is 7.57. The number of amides is 2. The van der Waals surface area contributed by atoms with Gasteiger partial charge in [-0.3, -0.25) is 14.6 Å². The summed E-state index contributed by atoms with van der Waals surface area (Å²) >= 11 is 0. The number of aryl methyl sites for hydroxylation is 1. The molecule has 0 bridgehead atoms. The van der Waals surface area contributed by atoms with Gasteiger partial charge in [0.05, 0.1) is 12.2 Å². The molecule has 1 atom stereocenters. The lowest BCUT2D eigenvalue weighted by molar-refractivity contribution is -0.154. The van der Waals surface area contributed by atoms with Crippen LogP contribution >= 0.6 is 0 Å². The predicted molar refractivity (Wildman–Crippen MR) is 78.3 cm³/mol. The van der Waals surface area contributed by atoms with Gasteiger partial charge in [-0.2, -0.15) is 0 Å². The molecule has 1 saturated heterocycles. The summed E-state index contributed by atoms with van der Waals surface area (Å²) in [5.74, 6) is 0.00207. The lowest BCUT2D eigenvalue weighted by atomic mass is 9.91. The van der Waals surface area contributed by atoms with E-state index in [4.69, 9.17) is 0 Å². The van der Waals surface area contributed by atoms with E-state index in [0.717, 1.165) is 36.9 Å². The molecule has 21 heavy (non-hydrogen) atoms. The van der Waals surface area contributed by atoms with Gasteiger partial charge in [-0.1, -0.05) is 18.9 Å². The van der Waals surface area contributed by atoms with Crippen molar-refractivity contribution in [1.82, 2.24) is 15.2 Å². The third kappa shape index (κ3) is 2.30. The van der Waals surface area contributed by atoms with Crippen molar-refractivity contribution < 1.29 is 9.59 Å². The van der Waals surface area contributed by atoms with Crippen LogP contribution in [0.2, 0.25) is 0 Å². The maximum atomic E-state index is 12.9. The van der Waals surface area contributed by atoms with Crippen LogP contribution in [-0.4, -0.2) is 33.3 Å². The zero-order valence-corrected chi connectivity index (χ0v) is 12.6. The van der Waals surface area contributed by atoms with Crippen molar-refractivity contribution in [2.75, 3.05) is 0 Å². The van der Waals surface area contributed by atoms with Crippen molar-refractivity contribution in [1.29, 1.82) is 0 Å². The Morgan fingerprint density at radius 2 is 2.10 bits per heavy atom. The lowest BCUT2D eigenvalue weighted by Gasteiger charge is -2.43. The van der Waals surface area contributed by atoms with Gasteiger partial charge in [0.25, 0.3) is 0 Å². The van der Waals surface area contributed by atoms with Crippen molar-refractivity contribution in [3.8, 4) is 0 Å². The number of rotatable bonds is 2. The fraction of sp³-hybridized carbons (Fsp3) is 0.562. The van der Waals surface area contributed by atoms with Crippen LogP contribution < -0.4 is 5.32 Å². The second-order valence-corrected chi connectivity index (χ2v) is 6.15. The van der Waals surface area contributed by atoms with Gasteiger partial charge in [-0.25, -0.2) is 0 Å². The molecule has 0 radical (unpaired) electrons. The predicted octanol–water partition coefficient (Wildman–Crippen LogP) is 1.55. The van der Waals surface area contributed by atoms with Crippen LogP contribution in [0.1, 0.15) is 43.9 Å². The maximum absolute atomic E-state index is 12.9. The molecule has 1 N–H and O–H groups in total. The SMILES string of the molecule is Cc1cccnc1CN1C(=O)C2(CCCC2)NC(=O)C1C. The van der Waals surface area contributed by atoms with Crippen molar-refractivity contribution in [3.63, 3.8) is 0 Å². The van der Waals surface area contributed by atoms with Gasteiger partial charge in [0.1, 0.15) is 11.6 Å². The smallest absolute Gasteiger partial charge is 0.249 e. The van der Waals surface area contributed by atoms with Crippen LogP contribution in [0.15, 0.2) is 18.3 Å². The number of hydrogen-bond donors (Lipinski definition) is 1. The van der Waals surface area contributed by atoms with E-state index in [-0.39, 0.29) is 11.8 Å². The highest BCUT2D eigenvalue weighted by Crippen LogP contribution is 2.35. The Hall–Kier alpha value is -1.91. The fourth-order valence-corrected chi connectivity index (χ4v) is 3.36. The standard InChI is InChI=1S/C16H21N3O2/c1-11-6-5-9-17-13(11)10-19-12(2)14(20)18-16(15(19)21)7-3-4-8-16/h5-6,9,12H,3-4,7-8,10H2,1-2H3,(H,18,20). The largest absolute Gasteiger partial charge is 0.340 e. The van der Waals surface area contributed by atoms with Gasteiger partial charge in [0.2, 0.25) is 11.8 Å². The first-order chi connectivity index (χ1) is 10.0. The molecule has 0 aromatic carbocycles. The van der Waals surface area contributed by atoms with E-state index < -0.39 is 11.6 Å². The molecule has 5 heteroatoms. The van der Waals surface area contributed by atoms with Crippen LogP contribution in [0.5, 0.6) is 0 Å². The summed E-state index contributed by atoms with van der Waals surface area (Å²) in [6, 6.07) is 3.42. The Labute approximate surface area is 124 Å². The Balaban J connectivity index is 1.90. The lowest BCUT2D eigenvalue weighted by Crippen LogP contribution is -2.68. The number of piperazine rings is 1. The Bertz CT molecular complexity index is 579. The summed E-state index contributed by atoms with van der Waals surface area (Å²) in [5.41, 5.74) is 1.25. The third-order valence-electron chi connectivity index (χ3n) is 4.77. The molecule has 1 aliphatic heterocycles. The summed E-state index contributed by atoms with van der Waals surface area (Å²) < 4.78 is 0. The highest BCUT2D eigenvalue weighted by Gasteiger charge is 2.50. The second-order valence-electron chi connectivity index (χ2n) is 6.15. The van der Waals surface area contributed by atoms with E-state index in [1.54, 1.807) is 18.0 Å². The number of nitrogens with zero attached hydrogens (tertiary/aromatic N) is 2. The summed E-state index contributed by atoms with van der Waals surface area (Å²) in [7, 11) is 0. The molecule has 1 unspecified atom stereocenters. The maximum Gasteiger partial charge on any atom is 0.249 e. The van der Waals surface area contributed by atoms with Crippen LogP contribution in [0.3, 0.4) is 0 Å². The monoisotopic (exact) mass is 287 g/mol. The quantitative estimate of drug-likeness (QED) is 0.897. The molecule has 1 aromatic heterocycles. The minimum atomic E-state index is -0.660. The first-order valence-corrected chi connectivity index (χ1v) is 7.57. The van der Waals surface area contributed by atoms with Gasteiger partial charge < -0.3 is 10.2 Å². The van der Waals surface area contributed by atoms with Gasteiger partial charge >= 0.3 is 0 Å². The minimum Gasteiger partial charge on any atom is -0.340 e. The zero-order chi connectivity index (χ0) is 15.0. The molecule has 2 fully saturated rings.